The van der Waals surface area contributed by atoms with E-state index in [1.165, 1.54) is 5.56 Å². The first-order valence-corrected chi connectivity index (χ1v) is 5.16. The van der Waals surface area contributed by atoms with Crippen molar-refractivity contribution in [2.24, 2.45) is 0 Å². The lowest BCUT2D eigenvalue weighted by Gasteiger charge is -2.05. The highest BCUT2D eigenvalue weighted by Gasteiger charge is 2.04. The van der Waals surface area contributed by atoms with Crippen molar-refractivity contribution in [1.29, 1.82) is 5.26 Å². The number of nitriles is 1. The van der Waals surface area contributed by atoms with Crippen LogP contribution in [-0.2, 0) is 6.42 Å². The van der Waals surface area contributed by atoms with Gasteiger partial charge < -0.3 is 0 Å². The number of rotatable bonds is 1. The predicted octanol–water partition coefficient (Wildman–Crippen LogP) is 4.05. The van der Waals surface area contributed by atoms with Crippen molar-refractivity contribution in [3.05, 3.63) is 33.8 Å². The minimum absolute atomic E-state index is 0.389. The van der Waals surface area contributed by atoms with Crippen LogP contribution in [0.2, 0.25) is 5.02 Å². The Morgan fingerprint density at radius 2 is 1.86 bits per heavy atom. The summed E-state index contributed by atoms with van der Waals surface area (Å²) in [7, 11) is 0. The smallest absolute Gasteiger partial charge is 0.0670 e. The van der Waals surface area contributed by atoms with Gasteiger partial charge in [0, 0.05) is 5.02 Å². The zero-order valence-corrected chi connectivity index (χ0v) is 9.94. The fraction of sp³-hybridized carbons (Fsp3) is 0.417. The lowest BCUT2D eigenvalue weighted by atomic mass is 10.0. The van der Waals surface area contributed by atoms with E-state index in [2.05, 4.69) is 6.07 Å². The molecule has 2 heteroatoms. The number of aryl methyl sites for hydroxylation is 1. The van der Waals surface area contributed by atoms with Crippen molar-refractivity contribution in [2.75, 3.05) is 0 Å². The monoisotopic (exact) mass is 209 g/mol. The zero-order chi connectivity index (χ0) is 11.1. The molecule has 0 aliphatic carbocycles. The molecule has 0 saturated heterocycles. The standard InChI is InChI=1S/C10H10ClN.C2H6/c1-7-3-4-9(5-6-12)10(11)8(7)2;1-2/h3-4H,5H2,1-2H3;1-2H3. The third-order valence-electron chi connectivity index (χ3n) is 2.01. The third-order valence-corrected chi connectivity index (χ3v) is 2.53. The molecule has 0 saturated carbocycles. The van der Waals surface area contributed by atoms with Crippen LogP contribution < -0.4 is 0 Å². The molecule has 0 fully saturated rings. The van der Waals surface area contributed by atoms with E-state index in [9.17, 15) is 0 Å². The highest BCUT2D eigenvalue weighted by molar-refractivity contribution is 6.32. The molecule has 14 heavy (non-hydrogen) atoms. The molecule has 1 aromatic rings. The van der Waals surface area contributed by atoms with E-state index in [4.69, 9.17) is 16.9 Å². The fourth-order valence-corrected chi connectivity index (χ4v) is 1.34. The highest BCUT2D eigenvalue weighted by atomic mass is 35.5. The van der Waals surface area contributed by atoms with E-state index in [0.717, 1.165) is 16.1 Å². The molecule has 1 rings (SSSR count). The van der Waals surface area contributed by atoms with E-state index in [-0.39, 0.29) is 0 Å². The molecule has 1 aromatic carbocycles. The minimum Gasteiger partial charge on any atom is -0.198 e. The Balaban J connectivity index is 0.000000791. The number of benzene rings is 1. The Morgan fingerprint density at radius 1 is 1.29 bits per heavy atom. The van der Waals surface area contributed by atoms with Gasteiger partial charge >= 0.3 is 0 Å². The second-order valence-corrected chi connectivity index (χ2v) is 3.19. The maximum atomic E-state index is 8.50. The van der Waals surface area contributed by atoms with Crippen molar-refractivity contribution in [2.45, 2.75) is 34.1 Å². The first kappa shape index (κ1) is 13.0. The lowest BCUT2D eigenvalue weighted by molar-refractivity contribution is 1.22. The molecule has 0 radical (unpaired) electrons. The number of hydrogen-bond acceptors (Lipinski definition) is 1. The van der Waals surface area contributed by atoms with Crippen molar-refractivity contribution in [3.63, 3.8) is 0 Å². The van der Waals surface area contributed by atoms with Gasteiger partial charge in [0.25, 0.3) is 0 Å². The van der Waals surface area contributed by atoms with E-state index < -0.39 is 0 Å². The average molecular weight is 210 g/mol. The number of hydrogen-bond donors (Lipinski definition) is 0. The predicted molar refractivity (Wildman–Crippen MR) is 61.6 cm³/mol. The molecule has 0 aromatic heterocycles. The van der Waals surface area contributed by atoms with Crippen molar-refractivity contribution >= 4 is 11.6 Å². The Bertz CT molecular complexity index is 337. The van der Waals surface area contributed by atoms with Crippen molar-refractivity contribution < 1.29 is 0 Å². The maximum absolute atomic E-state index is 8.50. The first-order chi connectivity index (χ1) is 6.66. The molecule has 1 nitrogen and oxygen atoms in total. The van der Waals surface area contributed by atoms with Crippen molar-refractivity contribution in [3.8, 4) is 6.07 Å². The van der Waals surface area contributed by atoms with Gasteiger partial charge in [-0.25, -0.2) is 0 Å². The summed E-state index contributed by atoms with van der Waals surface area (Å²) in [6.45, 7) is 7.98. The third kappa shape index (κ3) is 3.05. The quantitative estimate of drug-likeness (QED) is 0.685. The molecule has 0 amide bonds. The Morgan fingerprint density at radius 3 is 2.36 bits per heavy atom. The summed E-state index contributed by atoms with van der Waals surface area (Å²) in [5.74, 6) is 0. The van der Waals surface area contributed by atoms with Crippen LogP contribution in [0.1, 0.15) is 30.5 Å². The van der Waals surface area contributed by atoms with Gasteiger partial charge in [-0.05, 0) is 30.5 Å². The van der Waals surface area contributed by atoms with Crippen LogP contribution in [0, 0.1) is 25.2 Å². The highest BCUT2D eigenvalue weighted by Crippen LogP contribution is 2.23. The molecular formula is C12H16ClN. The summed E-state index contributed by atoms with van der Waals surface area (Å²) in [5, 5.41) is 9.23. The Hall–Kier alpha value is -1.00. The Kier molecular flexibility index (Phi) is 5.99. The lowest BCUT2D eigenvalue weighted by Crippen LogP contribution is -1.89. The van der Waals surface area contributed by atoms with Gasteiger partial charge in [-0.1, -0.05) is 37.6 Å². The van der Waals surface area contributed by atoms with Gasteiger partial charge in [0.1, 0.15) is 0 Å². The second kappa shape index (κ2) is 6.45. The molecular weight excluding hydrogens is 194 g/mol. The molecule has 0 unspecified atom stereocenters. The normalized spacial score (nSPS) is 8.57. The van der Waals surface area contributed by atoms with Crippen LogP contribution in [0.25, 0.3) is 0 Å². The summed E-state index contributed by atoms with van der Waals surface area (Å²) >= 11 is 6.03. The fourth-order valence-electron chi connectivity index (χ4n) is 1.06. The van der Waals surface area contributed by atoms with Gasteiger partial charge in [0.15, 0.2) is 0 Å². The number of halogens is 1. The van der Waals surface area contributed by atoms with E-state index in [1.54, 1.807) is 0 Å². The second-order valence-electron chi connectivity index (χ2n) is 2.82. The summed E-state index contributed by atoms with van der Waals surface area (Å²) in [6, 6.07) is 5.99. The molecule has 0 aliphatic rings. The van der Waals surface area contributed by atoms with Crippen LogP contribution in [0.4, 0.5) is 0 Å². The maximum Gasteiger partial charge on any atom is 0.0670 e. The van der Waals surface area contributed by atoms with Gasteiger partial charge in [0.05, 0.1) is 12.5 Å². The number of nitrogens with zero attached hydrogens (tertiary/aromatic N) is 1. The van der Waals surface area contributed by atoms with Crippen LogP contribution in [0.5, 0.6) is 0 Å². The first-order valence-electron chi connectivity index (χ1n) is 4.78. The van der Waals surface area contributed by atoms with E-state index in [0.29, 0.717) is 6.42 Å². The average Bonchev–Trinajstić information content (AvgIpc) is 2.22. The Labute approximate surface area is 91.3 Å². The largest absolute Gasteiger partial charge is 0.198 e. The molecule has 0 aliphatic heterocycles. The zero-order valence-electron chi connectivity index (χ0n) is 9.19. The SMILES string of the molecule is CC.Cc1ccc(CC#N)c(Cl)c1C. The van der Waals surface area contributed by atoms with Crippen LogP contribution in [0.3, 0.4) is 0 Å². The van der Waals surface area contributed by atoms with Crippen LogP contribution in [0.15, 0.2) is 12.1 Å². The molecule has 0 spiro atoms. The molecule has 0 bridgehead atoms. The van der Waals surface area contributed by atoms with Crippen LogP contribution >= 0.6 is 11.6 Å². The molecule has 76 valence electrons. The topological polar surface area (TPSA) is 23.8 Å². The summed E-state index contributed by atoms with van der Waals surface area (Å²) in [6.07, 6.45) is 0.389. The van der Waals surface area contributed by atoms with Gasteiger partial charge in [-0.15, -0.1) is 0 Å². The van der Waals surface area contributed by atoms with Gasteiger partial charge in [-0.3, -0.25) is 0 Å². The summed E-state index contributed by atoms with van der Waals surface area (Å²) in [5.41, 5.74) is 3.16. The molecule has 0 heterocycles. The molecule has 0 N–H and O–H groups in total. The minimum atomic E-state index is 0.389. The van der Waals surface area contributed by atoms with Gasteiger partial charge in [-0.2, -0.15) is 5.26 Å². The summed E-state index contributed by atoms with van der Waals surface area (Å²) in [4.78, 5) is 0. The van der Waals surface area contributed by atoms with Gasteiger partial charge in [0.2, 0.25) is 0 Å². The van der Waals surface area contributed by atoms with Crippen molar-refractivity contribution in [1.82, 2.24) is 0 Å². The van der Waals surface area contributed by atoms with E-state index in [1.807, 2.05) is 39.8 Å². The van der Waals surface area contributed by atoms with E-state index >= 15 is 0 Å². The summed E-state index contributed by atoms with van der Waals surface area (Å²) < 4.78 is 0. The van der Waals surface area contributed by atoms with Crippen LogP contribution in [-0.4, -0.2) is 0 Å². The molecule has 0 atom stereocenters.